The lowest BCUT2D eigenvalue weighted by Crippen LogP contribution is -2.37. The maximum Gasteiger partial charge on any atom is 0.257 e. The lowest BCUT2D eigenvalue weighted by atomic mass is 10.1. The van der Waals surface area contributed by atoms with Crippen molar-refractivity contribution >= 4 is 5.91 Å². The van der Waals surface area contributed by atoms with Crippen molar-refractivity contribution in [3.05, 3.63) is 29.6 Å². The van der Waals surface area contributed by atoms with E-state index in [4.69, 9.17) is 9.47 Å². The van der Waals surface area contributed by atoms with Gasteiger partial charge in [0.05, 0.1) is 30.7 Å². The summed E-state index contributed by atoms with van der Waals surface area (Å²) in [6.45, 7) is 7.24. The molecule has 162 valence electrons. The number of rotatable bonds is 6. The fourth-order valence-electron chi connectivity index (χ4n) is 4.23. The van der Waals surface area contributed by atoms with E-state index in [2.05, 4.69) is 20.2 Å². The van der Waals surface area contributed by atoms with Crippen LogP contribution in [0.1, 0.15) is 42.2 Å². The number of hydrogen-bond acceptors (Lipinski definition) is 7. The van der Waals surface area contributed by atoms with Gasteiger partial charge in [0.25, 0.3) is 5.91 Å². The van der Waals surface area contributed by atoms with E-state index in [1.165, 1.54) is 0 Å². The van der Waals surface area contributed by atoms with Crippen LogP contribution in [0, 0.1) is 0 Å². The van der Waals surface area contributed by atoms with E-state index in [1.807, 2.05) is 11.8 Å². The van der Waals surface area contributed by atoms with Crippen LogP contribution >= 0.6 is 0 Å². The van der Waals surface area contributed by atoms with Crippen molar-refractivity contribution in [2.75, 3.05) is 46.4 Å². The van der Waals surface area contributed by atoms with Gasteiger partial charge in [-0.3, -0.25) is 9.69 Å². The Morgan fingerprint density at radius 2 is 2.10 bits per heavy atom. The number of hydrogen-bond donors (Lipinski definition) is 0. The molecule has 4 heterocycles. The molecule has 2 aromatic rings. The number of carbonyl (C=O) groups excluding carboxylic acids is 1. The van der Waals surface area contributed by atoms with Gasteiger partial charge in [-0.2, -0.15) is 5.10 Å². The Balaban J connectivity index is 1.45. The fraction of sp³-hybridized carbons (Fsp3) is 0.619. The quantitative estimate of drug-likeness (QED) is 0.709. The first-order valence-electron chi connectivity index (χ1n) is 10.8. The summed E-state index contributed by atoms with van der Waals surface area (Å²) in [5.74, 6) is 1.06. The molecule has 0 radical (unpaired) electrons. The van der Waals surface area contributed by atoms with E-state index < -0.39 is 0 Å². The Bertz CT molecular complexity index is 847. The van der Waals surface area contributed by atoms with Crippen LogP contribution in [0.5, 0.6) is 5.88 Å². The Morgan fingerprint density at radius 1 is 1.20 bits per heavy atom. The average molecular weight is 415 g/mol. The van der Waals surface area contributed by atoms with Gasteiger partial charge >= 0.3 is 0 Å². The van der Waals surface area contributed by atoms with Crippen LogP contribution in [-0.4, -0.2) is 88.2 Å². The molecule has 0 aliphatic carbocycles. The van der Waals surface area contributed by atoms with Gasteiger partial charge in [-0.25, -0.2) is 4.68 Å². The van der Waals surface area contributed by atoms with Gasteiger partial charge in [-0.1, -0.05) is 6.92 Å². The summed E-state index contributed by atoms with van der Waals surface area (Å²) >= 11 is 0. The zero-order valence-electron chi connectivity index (χ0n) is 17.8. The van der Waals surface area contributed by atoms with Gasteiger partial charge in [-0.05, 0) is 38.3 Å². The zero-order chi connectivity index (χ0) is 20.9. The second-order valence-corrected chi connectivity index (χ2v) is 7.79. The second kappa shape index (κ2) is 9.53. The van der Waals surface area contributed by atoms with Crippen molar-refractivity contribution in [2.45, 2.75) is 38.7 Å². The molecule has 2 aliphatic heterocycles. The van der Waals surface area contributed by atoms with Crippen LogP contribution in [-0.2, 0) is 11.2 Å². The van der Waals surface area contributed by atoms with Gasteiger partial charge in [0.1, 0.15) is 0 Å². The van der Waals surface area contributed by atoms with E-state index >= 15 is 0 Å². The van der Waals surface area contributed by atoms with Crippen LogP contribution in [0.4, 0.5) is 0 Å². The molecule has 1 amide bonds. The number of amides is 1. The molecular weight excluding hydrogens is 384 g/mol. The van der Waals surface area contributed by atoms with Crippen LogP contribution in [0.25, 0.3) is 5.82 Å². The highest BCUT2D eigenvalue weighted by molar-refractivity contribution is 5.95. The van der Waals surface area contributed by atoms with Crippen molar-refractivity contribution in [2.24, 2.45) is 0 Å². The molecule has 2 fully saturated rings. The standard InChI is InChI=1S/C21H30N6O3/c1-3-18-17(14-22-27(18)19-7-8-20(29-2)24-23-19)21(28)26-10-5-9-25(11-12-26)15-16-6-4-13-30-16/h7-8,14,16H,3-6,9-13,15H2,1-2H3. The summed E-state index contributed by atoms with van der Waals surface area (Å²) in [4.78, 5) is 17.7. The molecule has 1 unspecified atom stereocenters. The van der Waals surface area contributed by atoms with Gasteiger partial charge in [-0.15, -0.1) is 10.2 Å². The van der Waals surface area contributed by atoms with E-state index in [9.17, 15) is 4.79 Å². The molecule has 9 nitrogen and oxygen atoms in total. The van der Waals surface area contributed by atoms with E-state index in [0.29, 0.717) is 29.8 Å². The average Bonchev–Trinajstić information content (AvgIpc) is 3.39. The third kappa shape index (κ3) is 4.46. The molecule has 2 aliphatic rings. The van der Waals surface area contributed by atoms with E-state index in [-0.39, 0.29) is 5.91 Å². The molecule has 30 heavy (non-hydrogen) atoms. The molecule has 2 saturated heterocycles. The Morgan fingerprint density at radius 3 is 2.80 bits per heavy atom. The van der Waals surface area contributed by atoms with Crippen molar-refractivity contribution < 1.29 is 14.3 Å². The van der Waals surface area contributed by atoms with Crippen molar-refractivity contribution in [3.8, 4) is 11.7 Å². The molecule has 1 atom stereocenters. The maximum atomic E-state index is 13.3. The largest absolute Gasteiger partial charge is 0.480 e. The number of carbonyl (C=O) groups is 1. The molecule has 0 spiro atoms. The first-order chi connectivity index (χ1) is 14.7. The molecule has 0 saturated carbocycles. The Labute approximate surface area is 177 Å². The Kier molecular flexibility index (Phi) is 6.59. The maximum absolute atomic E-state index is 13.3. The summed E-state index contributed by atoms with van der Waals surface area (Å²) in [6.07, 6.45) is 5.95. The molecule has 2 aromatic heterocycles. The highest BCUT2D eigenvalue weighted by Crippen LogP contribution is 2.19. The van der Waals surface area contributed by atoms with Gasteiger partial charge in [0.2, 0.25) is 5.88 Å². The highest BCUT2D eigenvalue weighted by Gasteiger charge is 2.26. The monoisotopic (exact) mass is 414 g/mol. The number of methoxy groups -OCH3 is 1. The van der Waals surface area contributed by atoms with E-state index in [0.717, 1.165) is 64.3 Å². The predicted molar refractivity (Wildman–Crippen MR) is 111 cm³/mol. The normalized spacial score (nSPS) is 20.3. The smallest absolute Gasteiger partial charge is 0.257 e. The summed E-state index contributed by atoms with van der Waals surface area (Å²) in [5.41, 5.74) is 1.49. The molecule has 0 bridgehead atoms. The SMILES string of the molecule is CCc1c(C(=O)N2CCCN(CC3CCCO3)CC2)cnn1-c1ccc(OC)nn1. The van der Waals surface area contributed by atoms with Gasteiger partial charge < -0.3 is 14.4 Å². The fourth-order valence-corrected chi connectivity index (χ4v) is 4.23. The minimum atomic E-state index is 0.0403. The van der Waals surface area contributed by atoms with Crippen LogP contribution in [0.15, 0.2) is 18.3 Å². The predicted octanol–water partition coefficient (Wildman–Crippen LogP) is 1.56. The number of aromatic nitrogens is 4. The summed E-state index contributed by atoms with van der Waals surface area (Å²) < 4.78 is 12.5. The lowest BCUT2D eigenvalue weighted by Gasteiger charge is -2.24. The second-order valence-electron chi connectivity index (χ2n) is 7.79. The third-order valence-corrected chi connectivity index (χ3v) is 5.85. The molecule has 4 rings (SSSR count). The van der Waals surface area contributed by atoms with Crippen LogP contribution in [0.3, 0.4) is 0 Å². The molecule has 0 aromatic carbocycles. The van der Waals surface area contributed by atoms with Crippen LogP contribution < -0.4 is 4.74 Å². The lowest BCUT2D eigenvalue weighted by molar-refractivity contribution is 0.0703. The summed E-state index contributed by atoms with van der Waals surface area (Å²) in [7, 11) is 1.55. The summed E-state index contributed by atoms with van der Waals surface area (Å²) in [5, 5.41) is 12.6. The van der Waals surface area contributed by atoms with Crippen LogP contribution in [0.2, 0.25) is 0 Å². The molecular formula is C21H30N6O3. The molecule has 9 heteroatoms. The van der Waals surface area contributed by atoms with E-state index in [1.54, 1.807) is 30.1 Å². The highest BCUT2D eigenvalue weighted by atomic mass is 16.5. The van der Waals surface area contributed by atoms with Gasteiger partial charge in [0.15, 0.2) is 5.82 Å². The number of nitrogens with zero attached hydrogens (tertiary/aromatic N) is 6. The van der Waals surface area contributed by atoms with Gasteiger partial charge in [0, 0.05) is 38.9 Å². The van der Waals surface area contributed by atoms with Crippen molar-refractivity contribution in [1.29, 1.82) is 0 Å². The third-order valence-electron chi connectivity index (χ3n) is 5.85. The number of ether oxygens (including phenoxy) is 2. The van der Waals surface area contributed by atoms with Crippen molar-refractivity contribution in [1.82, 2.24) is 29.8 Å². The van der Waals surface area contributed by atoms with Crippen molar-refractivity contribution in [3.63, 3.8) is 0 Å². The zero-order valence-corrected chi connectivity index (χ0v) is 17.8. The first kappa shape index (κ1) is 20.7. The molecule has 0 N–H and O–H groups in total. The minimum Gasteiger partial charge on any atom is -0.480 e. The minimum absolute atomic E-state index is 0.0403. The first-order valence-corrected chi connectivity index (χ1v) is 10.8. The topological polar surface area (TPSA) is 85.6 Å². The summed E-state index contributed by atoms with van der Waals surface area (Å²) in [6, 6.07) is 3.53. The Hall–Kier alpha value is -2.52.